The van der Waals surface area contributed by atoms with Crippen LogP contribution in [0.25, 0.3) is 16.7 Å². The molecule has 7 rings (SSSR count). The first-order valence-electron chi connectivity index (χ1n) is 17.7. The second-order valence-corrected chi connectivity index (χ2v) is 18.5. The molecule has 0 amide bonds. The van der Waals surface area contributed by atoms with Crippen LogP contribution in [0.5, 0.6) is 0 Å². The van der Waals surface area contributed by atoms with Crippen molar-refractivity contribution in [2.24, 2.45) is 5.92 Å². The number of fused-ring (bicyclic) bond motifs is 3. The van der Waals surface area contributed by atoms with Gasteiger partial charge in [-0.15, -0.1) is 35.9 Å². The fraction of sp³-hybridized carbons (Fsp3) is 0.250. The fourth-order valence-corrected chi connectivity index (χ4v) is 8.45. The molecule has 2 aliphatic rings. The van der Waals surface area contributed by atoms with Crippen molar-refractivity contribution in [1.82, 2.24) is 0 Å². The minimum atomic E-state index is -0.623. The molecular formula is C48H50Cl4Zr-2. The molecule has 0 fully saturated rings. The quantitative estimate of drug-likeness (QED) is 0.156. The third-order valence-electron chi connectivity index (χ3n) is 9.12. The van der Waals surface area contributed by atoms with Crippen LogP contribution in [-0.4, -0.2) is 7.42 Å². The van der Waals surface area contributed by atoms with Crippen molar-refractivity contribution in [2.75, 3.05) is 0 Å². The van der Waals surface area contributed by atoms with Crippen molar-refractivity contribution >= 4 is 61.0 Å². The van der Waals surface area contributed by atoms with E-state index in [4.69, 9.17) is 23.2 Å². The van der Waals surface area contributed by atoms with Crippen LogP contribution >= 0.6 is 48.0 Å². The second kappa shape index (κ2) is 19.8. The van der Waals surface area contributed by atoms with E-state index in [0.29, 0.717) is 5.92 Å². The zero-order chi connectivity index (χ0) is 36.8. The van der Waals surface area contributed by atoms with Gasteiger partial charge in [0.05, 0.1) is 0 Å². The summed E-state index contributed by atoms with van der Waals surface area (Å²) < 4.78 is 4.66. The minimum absolute atomic E-state index is 0. The molecular weight excluding hydrogens is 810 g/mol. The van der Waals surface area contributed by atoms with Crippen LogP contribution in [0.1, 0.15) is 94.3 Å². The molecule has 0 aliphatic heterocycles. The molecule has 276 valence electrons. The summed E-state index contributed by atoms with van der Waals surface area (Å²) in [5.41, 5.74) is 15.2. The summed E-state index contributed by atoms with van der Waals surface area (Å²) in [6.45, 7) is 17.9. The predicted octanol–water partition coefficient (Wildman–Crippen LogP) is 14.0. The maximum atomic E-state index is 5.84. The summed E-state index contributed by atoms with van der Waals surface area (Å²) in [6.07, 6.45) is 6.69. The van der Waals surface area contributed by atoms with Crippen LogP contribution in [0.3, 0.4) is 0 Å². The van der Waals surface area contributed by atoms with E-state index in [9.17, 15) is 0 Å². The van der Waals surface area contributed by atoms with E-state index < -0.39 is 22.3 Å². The molecule has 5 aromatic carbocycles. The van der Waals surface area contributed by atoms with E-state index in [1.165, 1.54) is 61.2 Å². The predicted molar refractivity (Wildman–Crippen MR) is 235 cm³/mol. The van der Waals surface area contributed by atoms with Crippen LogP contribution in [0.2, 0.25) is 10.0 Å². The van der Waals surface area contributed by atoms with Gasteiger partial charge in [-0.05, 0) is 17.4 Å². The molecule has 0 radical (unpaired) electrons. The van der Waals surface area contributed by atoms with E-state index in [2.05, 4.69) is 160 Å². The fourth-order valence-electron chi connectivity index (χ4n) is 6.10. The van der Waals surface area contributed by atoms with Gasteiger partial charge in [0.25, 0.3) is 0 Å². The maximum absolute atomic E-state index is 5.84. The first-order chi connectivity index (χ1) is 24.2. The average molecular weight is 860 g/mol. The van der Waals surface area contributed by atoms with Gasteiger partial charge in [-0.25, -0.2) is 5.57 Å². The monoisotopic (exact) mass is 856 g/mol. The molecule has 0 N–H and O–H groups in total. The summed E-state index contributed by atoms with van der Waals surface area (Å²) in [6, 6.07) is 41.5. The van der Waals surface area contributed by atoms with Crippen molar-refractivity contribution in [3.8, 4) is 11.1 Å². The van der Waals surface area contributed by atoms with Crippen LogP contribution in [-0.2, 0) is 39.5 Å². The number of hydrogen-bond donors (Lipinski definition) is 0. The molecule has 0 spiro atoms. The molecule has 0 saturated carbocycles. The van der Waals surface area contributed by atoms with Gasteiger partial charge >= 0.3 is 123 Å². The normalized spacial score (nSPS) is 13.8. The topological polar surface area (TPSA) is 0 Å². The number of rotatable bonds is 3. The number of halogens is 4. The molecule has 53 heavy (non-hydrogen) atoms. The van der Waals surface area contributed by atoms with Gasteiger partial charge < -0.3 is 0 Å². The Hall–Kier alpha value is -2.64. The van der Waals surface area contributed by atoms with Crippen molar-refractivity contribution in [2.45, 2.75) is 72.6 Å². The summed E-state index contributed by atoms with van der Waals surface area (Å²) >= 11 is 11.0. The molecule has 0 heterocycles. The van der Waals surface area contributed by atoms with Crippen LogP contribution in [0, 0.1) is 18.1 Å². The Kier molecular flexibility index (Phi) is 16.7. The standard InChI is InChI=1S/C21H25.C13H13.2C7H5Cl.2ClH.Zr/c1-20(2,3)16-9-7-14-11-15-8-10-17(21(4,5)6)13-19(15)18(14)12-16;1-10-8-11(2)13(9-10)12-6-4-3-5-7-12;2*1-6-2-4-7(8)5-3-6;;;/h7,9-10,12-13H,11H2,1-6H3;3-7,9-10H,1-2H3;2*1-5H;2*1H;/q2*-1;;;;;. The van der Waals surface area contributed by atoms with Gasteiger partial charge in [0.2, 0.25) is 0 Å². The molecule has 0 bridgehead atoms. The van der Waals surface area contributed by atoms with Gasteiger partial charge in [0.1, 0.15) is 0 Å². The van der Waals surface area contributed by atoms with Crippen molar-refractivity contribution in [3.05, 3.63) is 182 Å². The van der Waals surface area contributed by atoms with Gasteiger partial charge in [-0.3, -0.25) is 6.08 Å². The van der Waals surface area contributed by atoms with E-state index in [-0.39, 0.29) is 35.6 Å². The van der Waals surface area contributed by atoms with E-state index in [0.717, 1.165) is 16.5 Å². The number of allylic oxidation sites excluding steroid dienone is 4. The van der Waals surface area contributed by atoms with Crippen molar-refractivity contribution in [1.29, 1.82) is 0 Å². The third kappa shape index (κ3) is 12.7. The molecule has 1 atom stereocenters. The Bertz CT molecular complexity index is 1980. The first kappa shape index (κ1) is 44.8. The summed E-state index contributed by atoms with van der Waals surface area (Å²) in [5, 5.41) is 1.57. The number of hydrogen-bond acceptors (Lipinski definition) is 0. The van der Waals surface area contributed by atoms with Gasteiger partial charge in [-0.1, -0.05) is 126 Å². The van der Waals surface area contributed by atoms with Gasteiger partial charge in [-0.2, -0.15) is 41.0 Å². The van der Waals surface area contributed by atoms with Crippen molar-refractivity contribution in [3.63, 3.8) is 0 Å². The van der Waals surface area contributed by atoms with Crippen molar-refractivity contribution < 1.29 is 22.3 Å². The Morgan fingerprint density at radius 2 is 1.21 bits per heavy atom. The molecule has 0 aromatic heterocycles. The Morgan fingerprint density at radius 3 is 1.70 bits per heavy atom. The first-order valence-corrected chi connectivity index (χ1v) is 21.3. The summed E-state index contributed by atoms with van der Waals surface area (Å²) in [4.78, 5) is 0. The van der Waals surface area contributed by atoms with Crippen LogP contribution in [0.4, 0.5) is 0 Å². The van der Waals surface area contributed by atoms with Gasteiger partial charge in [0, 0.05) is 0 Å². The molecule has 0 nitrogen and oxygen atoms in total. The molecule has 0 saturated heterocycles. The van der Waals surface area contributed by atoms with Gasteiger partial charge in [0.15, 0.2) is 0 Å². The van der Waals surface area contributed by atoms with E-state index >= 15 is 0 Å². The second-order valence-electron chi connectivity index (χ2n) is 15.4. The Morgan fingerprint density at radius 1 is 0.679 bits per heavy atom. The summed E-state index contributed by atoms with van der Waals surface area (Å²) in [7, 11) is 0. The molecule has 2 aliphatic carbocycles. The molecule has 1 unspecified atom stereocenters. The molecule has 5 heteroatoms. The zero-order valence-electron chi connectivity index (χ0n) is 32.0. The van der Waals surface area contributed by atoms with E-state index in [1.54, 1.807) is 0 Å². The summed E-state index contributed by atoms with van der Waals surface area (Å²) in [5.74, 6) is 0.468. The third-order valence-corrected chi connectivity index (χ3v) is 12.1. The average Bonchev–Trinajstić information content (AvgIpc) is 3.64. The Balaban J connectivity index is 0.000000216. The number of benzene rings is 5. The SMILES string of the molecule is CC(C)(C)c1c[c-]c2c(c1)-c1cc(C(C)(C)C)ccc1C2.CC1=[C-]C(C)C=C1c1ccccc1.Cl.Cl.Clc1ccc([CH]=[Zr]=[CH]c2ccc(Cl)cc2)cc1. The zero-order valence-corrected chi connectivity index (χ0v) is 37.6. The Labute approximate surface area is 352 Å². The molecule has 5 aromatic rings. The van der Waals surface area contributed by atoms with Crippen LogP contribution < -0.4 is 0 Å². The van der Waals surface area contributed by atoms with Crippen LogP contribution in [0.15, 0.2) is 121 Å². The van der Waals surface area contributed by atoms with E-state index in [1.807, 2.05) is 30.3 Å².